The van der Waals surface area contributed by atoms with Gasteiger partial charge in [0.05, 0.1) is 23.2 Å². The monoisotopic (exact) mass is 595 g/mol. The summed E-state index contributed by atoms with van der Waals surface area (Å²) >= 11 is 1.59. The Kier molecular flexibility index (Phi) is 9.38. The van der Waals surface area contributed by atoms with Gasteiger partial charge >= 0.3 is 5.97 Å². The van der Waals surface area contributed by atoms with E-state index >= 15 is 0 Å². The molecule has 5 atom stereocenters. The molecule has 4 aliphatic heterocycles. The van der Waals surface area contributed by atoms with E-state index in [1.54, 1.807) is 21.6 Å². The van der Waals surface area contributed by atoms with Crippen LogP contribution < -0.4 is 9.80 Å². The molecule has 5 rings (SSSR count). The summed E-state index contributed by atoms with van der Waals surface area (Å²) in [4.78, 5) is 48.5. The molecular weight excluding hydrogens is 550 g/mol. The molecule has 0 aromatic heterocycles. The highest BCUT2D eigenvalue weighted by atomic mass is 32.2. The zero-order valence-electron chi connectivity index (χ0n) is 25.2. The predicted octanol–water partition coefficient (Wildman–Crippen LogP) is 4.57. The van der Waals surface area contributed by atoms with E-state index in [1.807, 2.05) is 25.1 Å². The molecule has 0 radical (unpaired) electrons. The van der Waals surface area contributed by atoms with Crippen molar-refractivity contribution in [1.29, 1.82) is 0 Å². The van der Waals surface area contributed by atoms with Gasteiger partial charge < -0.3 is 24.5 Å². The largest absolute Gasteiger partial charge is 0.465 e. The summed E-state index contributed by atoms with van der Waals surface area (Å²) in [5.41, 5.74) is 1.91. The van der Waals surface area contributed by atoms with Gasteiger partial charge in [-0.15, -0.1) is 11.8 Å². The molecule has 1 aromatic carbocycles. The first-order valence-corrected chi connectivity index (χ1v) is 16.4. The maximum Gasteiger partial charge on any atom is 0.311 e. The van der Waals surface area contributed by atoms with Crippen LogP contribution in [0.25, 0.3) is 0 Å². The topological polar surface area (TPSA) is 90.4 Å². The quantitative estimate of drug-likeness (QED) is 0.241. The predicted molar refractivity (Wildman–Crippen MR) is 168 cm³/mol. The molecule has 0 bridgehead atoms. The van der Waals surface area contributed by atoms with Crippen molar-refractivity contribution in [2.24, 2.45) is 11.8 Å². The zero-order chi connectivity index (χ0) is 29.9. The smallest absolute Gasteiger partial charge is 0.311 e. The molecule has 42 heavy (non-hydrogen) atoms. The molecule has 4 heterocycles. The van der Waals surface area contributed by atoms with E-state index in [0.717, 1.165) is 63.0 Å². The number of unbranched alkanes of at least 4 members (excludes halogenated alkanes) is 3. The lowest BCUT2D eigenvalue weighted by Crippen LogP contribution is -2.53. The van der Waals surface area contributed by atoms with E-state index in [9.17, 15) is 19.5 Å². The maximum absolute atomic E-state index is 14.7. The zero-order valence-corrected chi connectivity index (χ0v) is 26.0. The van der Waals surface area contributed by atoms with Crippen molar-refractivity contribution >= 4 is 40.9 Å². The average Bonchev–Trinajstić information content (AvgIpc) is 3.33. The fourth-order valence-electron chi connectivity index (χ4n) is 7.29. The van der Waals surface area contributed by atoms with Crippen LogP contribution in [0.4, 0.5) is 11.4 Å². The summed E-state index contributed by atoms with van der Waals surface area (Å²) in [5.74, 6) is -1.95. The van der Waals surface area contributed by atoms with Gasteiger partial charge in [-0.05, 0) is 70.7 Å². The number of ether oxygens (including phenoxy) is 1. The normalized spacial score (nSPS) is 31.4. The number of hydrogen-bond acceptors (Lipinski definition) is 7. The average molecular weight is 596 g/mol. The summed E-state index contributed by atoms with van der Waals surface area (Å²) in [6.07, 6.45) is 13.0. The number of nitrogens with zero attached hydrogens (tertiary/aromatic N) is 3. The second kappa shape index (κ2) is 12.8. The van der Waals surface area contributed by atoms with Crippen LogP contribution >= 0.6 is 11.8 Å². The van der Waals surface area contributed by atoms with Crippen molar-refractivity contribution < 1.29 is 24.2 Å². The minimum Gasteiger partial charge on any atom is -0.465 e. The number of benzene rings is 1. The molecule has 1 aromatic rings. The number of carbonyl (C=O) groups is 3. The summed E-state index contributed by atoms with van der Waals surface area (Å²) in [5, 5.41) is 9.21. The van der Waals surface area contributed by atoms with Gasteiger partial charge in [0.2, 0.25) is 5.91 Å². The van der Waals surface area contributed by atoms with Gasteiger partial charge in [0.1, 0.15) is 6.04 Å². The molecular formula is C33H45N3O5S. The number of carbonyl (C=O) groups excluding carboxylic acids is 3. The second-order valence-corrected chi connectivity index (χ2v) is 13.7. The Morgan fingerprint density at radius 3 is 2.43 bits per heavy atom. The molecule has 1 spiro atoms. The molecule has 0 saturated carbocycles. The lowest BCUT2D eigenvalue weighted by atomic mass is 9.74. The van der Waals surface area contributed by atoms with Crippen LogP contribution in [0, 0.1) is 11.8 Å². The molecule has 1 N–H and O–H groups in total. The summed E-state index contributed by atoms with van der Waals surface area (Å²) in [6.45, 7) is 9.39. The molecule has 2 fully saturated rings. The van der Waals surface area contributed by atoms with Crippen LogP contribution in [-0.2, 0) is 19.1 Å². The maximum atomic E-state index is 14.7. The second-order valence-electron chi connectivity index (χ2n) is 11.9. The standard InChI is InChI=1S/C33H45N3O5S/c1-4-34(5-2)24-14-16-25(17-15-24)35-21-13-19-33-26(27-31(40)41-23-12-8-9-18-32(27,3)42-33)29(38)36(28(33)30(35)39)20-10-6-7-11-22-37/h9,13-19,26-28,37H,4-8,10-12,20-23H2,1-3H3/b18-9-/t26-,27-,28?,32+,33-/m0/s1. The van der Waals surface area contributed by atoms with Crippen LogP contribution in [0.1, 0.15) is 59.3 Å². The number of hydrogen-bond donors (Lipinski definition) is 1. The van der Waals surface area contributed by atoms with E-state index in [0.29, 0.717) is 19.7 Å². The number of aliphatic hydroxyl groups excluding tert-OH is 1. The van der Waals surface area contributed by atoms with Crippen LogP contribution in [0.5, 0.6) is 0 Å². The Morgan fingerprint density at radius 2 is 1.71 bits per heavy atom. The van der Waals surface area contributed by atoms with E-state index in [2.05, 4.69) is 49.1 Å². The van der Waals surface area contributed by atoms with E-state index in [1.165, 1.54) is 0 Å². The number of amides is 2. The number of cyclic esters (lactones) is 1. The van der Waals surface area contributed by atoms with Gasteiger partial charge in [-0.25, -0.2) is 0 Å². The third-order valence-corrected chi connectivity index (χ3v) is 11.1. The first kappa shape index (κ1) is 30.7. The van der Waals surface area contributed by atoms with Crippen molar-refractivity contribution in [3.63, 3.8) is 0 Å². The van der Waals surface area contributed by atoms with Crippen molar-refractivity contribution in [1.82, 2.24) is 4.90 Å². The highest BCUT2D eigenvalue weighted by Gasteiger charge is 2.73. The van der Waals surface area contributed by atoms with E-state index < -0.39 is 27.4 Å². The lowest BCUT2D eigenvalue weighted by molar-refractivity contribution is -0.154. The third kappa shape index (κ3) is 5.39. The Balaban J connectivity index is 1.53. The number of aliphatic hydroxyl groups is 1. The number of likely N-dealkylation sites (tertiary alicyclic amines) is 1. The number of anilines is 2. The molecule has 4 aliphatic rings. The number of esters is 1. The van der Waals surface area contributed by atoms with Gasteiger partial charge in [-0.1, -0.05) is 37.1 Å². The molecule has 2 amide bonds. The summed E-state index contributed by atoms with van der Waals surface area (Å²) in [6, 6.07) is 7.36. The molecule has 228 valence electrons. The Morgan fingerprint density at radius 1 is 0.976 bits per heavy atom. The summed E-state index contributed by atoms with van der Waals surface area (Å²) < 4.78 is 4.18. The fraction of sp³-hybridized carbons (Fsp3) is 0.606. The number of thioether (sulfide) groups is 1. The number of rotatable bonds is 10. The van der Waals surface area contributed by atoms with Crippen LogP contribution in [0.3, 0.4) is 0 Å². The highest BCUT2D eigenvalue weighted by Crippen LogP contribution is 2.65. The number of fused-ring (bicyclic) bond motifs is 2. The van der Waals surface area contributed by atoms with Gasteiger partial charge in [-0.2, -0.15) is 0 Å². The minimum absolute atomic E-state index is 0.110. The molecule has 8 nitrogen and oxygen atoms in total. The Hall–Kier alpha value is -2.78. The fourth-order valence-corrected chi connectivity index (χ4v) is 9.44. The van der Waals surface area contributed by atoms with Gasteiger partial charge in [-0.3, -0.25) is 14.4 Å². The van der Waals surface area contributed by atoms with E-state index in [-0.39, 0.29) is 24.4 Å². The van der Waals surface area contributed by atoms with Crippen molar-refractivity contribution in [3.05, 3.63) is 48.6 Å². The van der Waals surface area contributed by atoms with Crippen LogP contribution in [0.15, 0.2) is 48.6 Å². The first-order chi connectivity index (χ1) is 20.3. The van der Waals surface area contributed by atoms with Gasteiger partial charge in [0.15, 0.2) is 0 Å². The minimum atomic E-state index is -0.878. The molecule has 2 saturated heterocycles. The van der Waals surface area contributed by atoms with Crippen molar-refractivity contribution in [3.8, 4) is 0 Å². The van der Waals surface area contributed by atoms with Crippen LogP contribution in [0.2, 0.25) is 0 Å². The summed E-state index contributed by atoms with van der Waals surface area (Å²) in [7, 11) is 0. The molecule has 0 aliphatic carbocycles. The SMILES string of the molecule is CCN(CC)c1ccc(N2CC=C[C@]34S[C@]5(C)/C=C\CCCOC(=O)[C@@H]5[C@H]3C(=O)N(CCCCCCO)C4C2=O)cc1. The Bertz CT molecular complexity index is 1210. The molecule has 9 heteroatoms. The van der Waals surface area contributed by atoms with Gasteiger partial charge in [0.25, 0.3) is 5.91 Å². The van der Waals surface area contributed by atoms with Crippen LogP contribution in [-0.4, -0.2) is 82.7 Å². The lowest BCUT2D eigenvalue weighted by Gasteiger charge is -2.37. The Labute approximate surface area is 254 Å². The van der Waals surface area contributed by atoms with Crippen molar-refractivity contribution in [2.75, 3.05) is 49.2 Å². The van der Waals surface area contributed by atoms with E-state index in [4.69, 9.17) is 4.74 Å². The number of allylic oxidation sites excluding steroid dienone is 1. The highest BCUT2D eigenvalue weighted by molar-refractivity contribution is 8.02. The third-order valence-electron chi connectivity index (χ3n) is 9.35. The molecule has 1 unspecified atom stereocenters. The first-order valence-electron chi connectivity index (χ1n) is 15.6. The van der Waals surface area contributed by atoms with Crippen molar-refractivity contribution in [2.45, 2.75) is 74.8 Å². The van der Waals surface area contributed by atoms with Gasteiger partial charge in [0, 0.05) is 48.9 Å².